The fourth-order valence-corrected chi connectivity index (χ4v) is 5.01. The van der Waals surface area contributed by atoms with Gasteiger partial charge in [-0.05, 0) is 70.7 Å². The summed E-state index contributed by atoms with van der Waals surface area (Å²) in [5.74, 6) is 0.435. The van der Waals surface area contributed by atoms with Gasteiger partial charge in [0.1, 0.15) is 0 Å². The smallest absolute Gasteiger partial charge is 0.307 e. The highest BCUT2D eigenvalue weighted by Crippen LogP contribution is 2.35. The van der Waals surface area contributed by atoms with Crippen molar-refractivity contribution in [1.29, 1.82) is 0 Å². The number of benzene rings is 3. The third-order valence-electron chi connectivity index (χ3n) is 6.59. The van der Waals surface area contributed by atoms with Gasteiger partial charge < -0.3 is 10.0 Å². The molecule has 3 nitrogen and oxygen atoms in total. The number of hydrogen-bond acceptors (Lipinski definition) is 2. The van der Waals surface area contributed by atoms with Crippen molar-refractivity contribution in [3.8, 4) is 0 Å². The number of rotatable bonds is 7. The van der Waals surface area contributed by atoms with Gasteiger partial charge in [0.15, 0.2) is 0 Å². The number of carboxylic acids is 1. The number of anilines is 1. The number of nitrogens with zero attached hydrogens (tertiary/aromatic N) is 1. The predicted octanol–water partition coefficient (Wildman–Crippen LogP) is 6.05. The Balaban J connectivity index is 1.44. The zero-order valence-corrected chi connectivity index (χ0v) is 18.0. The highest BCUT2D eigenvalue weighted by molar-refractivity contribution is 5.89. The molecular formula is C27H31NO2. The summed E-state index contributed by atoms with van der Waals surface area (Å²) < 4.78 is 0. The van der Waals surface area contributed by atoms with Crippen molar-refractivity contribution in [2.24, 2.45) is 5.92 Å². The molecule has 3 aromatic rings. The largest absolute Gasteiger partial charge is 0.481 e. The number of aliphatic carboxylic acids is 1. The van der Waals surface area contributed by atoms with Gasteiger partial charge in [-0.15, -0.1) is 0 Å². The van der Waals surface area contributed by atoms with Crippen LogP contribution in [0.2, 0.25) is 0 Å². The number of carboxylic acid groups (broad SMARTS) is 1. The average Bonchev–Trinajstić information content (AvgIpc) is 3.21. The van der Waals surface area contributed by atoms with Gasteiger partial charge in [-0.1, -0.05) is 62.4 Å². The molecule has 0 aliphatic carbocycles. The Bertz CT molecular complexity index is 1020. The minimum atomic E-state index is -0.780. The fraction of sp³-hybridized carbons (Fsp3) is 0.370. The molecule has 3 heteroatoms. The molecule has 1 fully saturated rings. The molecule has 1 aliphatic heterocycles. The number of aryl methyl sites for hydroxylation is 1. The molecule has 0 aromatic heterocycles. The first-order valence-electron chi connectivity index (χ1n) is 11.1. The Morgan fingerprint density at radius 1 is 1.07 bits per heavy atom. The van der Waals surface area contributed by atoms with Gasteiger partial charge in [0.05, 0.1) is 6.42 Å². The summed E-state index contributed by atoms with van der Waals surface area (Å²) in [6.45, 7) is 6.75. The Kier molecular flexibility index (Phi) is 6.08. The molecule has 1 aliphatic rings. The van der Waals surface area contributed by atoms with Gasteiger partial charge in [0, 0.05) is 18.8 Å². The van der Waals surface area contributed by atoms with Gasteiger partial charge in [0.25, 0.3) is 0 Å². The van der Waals surface area contributed by atoms with Crippen molar-refractivity contribution >= 4 is 22.4 Å². The lowest BCUT2D eigenvalue weighted by atomic mass is 9.86. The second-order valence-corrected chi connectivity index (χ2v) is 8.69. The minimum absolute atomic E-state index is 0.0885. The van der Waals surface area contributed by atoms with Crippen LogP contribution in [0.5, 0.6) is 0 Å². The highest BCUT2D eigenvalue weighted by atomic mass is 16.4. The van der Waals surface area contributed by atoms with E-state index in [0.29, 0.717) is 11.8 Å². The van der Waals surface area contributed by atoms with E-state index >= 15 is 0 Å². The zero-order valence-electron chi connectivity index (χ0n) is 18.0. The van der Waals surface area contributed by atoms with E-state index in [-0.39, 0.29) is 6.42 Å². The van der Waals surface area contributed by atoms with E-state index in [4.69, 9.17) is 5.11 Å². The van der Waals surface area contributed by atoms with Crippen LogP contribution in [-0.4, -0.2) is 24.2 Å². The molecule has 3 aromatic carbocycles. The van der Waals surface area contributed by atoms with Gasteiger partial charge in [-0.2, -0.15) is 0 Å². The Labute approximate surface area is 179 Å². The van der Waals surface area contributed by atoms with Crippen molar-refractivity contribution in [3.05, 3.63) is 77.4 Å². The summed E-state index contributed by atoms with van der Waals surface area (Å²) >= 11 is 0. The lowest BCUT2D eigenvalue weighted by molar-refractivity contribution is -0.136. The second-order valence-electron chi connectivity index (χ2n) is 8.69. The lowest BCUT2D eigenvalue weighted by Crippen LogP contribution is -2.20. The summed E-state index contributed by atoms with van der Waals surface area (Å²) in [6, 6.07) is 21.5. The van der Waals surface area contributed by atoms with Crippen LogP contribution in [0.1, 0.15) is 49.3 Å². The number of fused-ring (bicyclic) bond motifs is 1. The standard InChI is InChI=1S/C27H31NO2/c1-3-22-10-13-24(26-7-5-4-6-25(22)26)19(2)16-21-14-15-28(18-21)23-11-8-20(9-12-23)17-27(29)30/h4-13,19,21H,3,14-18H2,1-2H3,(H,29,30)/t19-,21+/m0/s1. The Morgan fingerprint density at radius 2 is 1.80 bits per heavy atom. The van der Waals surface area contributed by atoms with Crippen LogP contribution in [0, 0.1) is 5.92 Å². The fourth-order valence-electron chi connectivity index (χ4n) is 5.01. The SMILES string of the molecule is CCc1ccc([C@@H](C)C[C@H]2CCN(c3ccc(CC(=O)O)cc3)C2)c2ccccc12. The van der Waals surface area contributed by atoms with Crippen LogP contribution < -0.4 is 4.90 Å². The normalized spacial score (nSPS) is 17.4. The monoisotopic (exact) mass is 401 g/mol. The van der Waals surface area contributed by atoms with E-state index in [1.807, 2.05) is 12.1 Å². The summed E-state index contributed by atoms with van der Waals surface area (Å²) in [5, 5.41) is 11.8. The van der Waals surface area contributed by atoms with Crippen LogP contribution in [0.3, 0.4) is 0 Å². The van der Waals surface area contributed by atoms with Crippen LogP contribution >= 0.6 is 0 Å². The van der Waals surface area contributed by atoms with Gasteiger partial charge >= 0.3 is 5.97 Å². The van der Waals surface area contributed by atoms with Crippen molar-refractivity contribution in [3.63, 3.8) is 0 Å². The van der Waals surface area contributed by atoms with Crippen molar-refractivity contribution in [2.45, 2.75) is 45.4 Å². The van der Waals surface area contributed by atoms with Gasteiger partial charge in [-0.3, -0.25) is 4.79 Å². The van der Waals surface area contributed by atoms with Crippen LogP contribution in [0.4, 0.5) is 5.69 Å². The van der Waals surface area contributed by atoms with Gasteiger partial charge in [0.2, 0.25) is 0 Å². The minimum Gasteiger partial charge on any atom is -0.481 e. The van der Waals surface area contributed by atoms with Crippen LogP contribution in [-0.2, 0) is 17.6 Å². The molecule has 1 saturated heterocycles. The molecule has 4 rings (SSSR count). The van der Waals surface area contributed by atoms with Crippen LogP contribution in [0.25, 0.3) is 10.8 Å². The summed E-state index contributed by atoms with van der Waals surface area (Å²) in [4.78, 5) is 13.3. The van der Waals surface area contributed by atoms with E-state index in [1.54, 1.807) is 0 Å². The zero-order chi connectivity index (χ0) is 21.1. The molecule has 0 saturated carbocycles. The number of hydrogen-bond donors (Lipinski definition) is 1. The van der Waals surface area contributed by atoms with E-state index in [0.717, 1.165) is 25.1 Å². The predicted molar refractivity (Wildman–Crippen MR) is 124 cm³/mol. The maximum absolute atomic E-state index is 10.9. The van der Waals surface area contributed by atoms with Crippen molar-refractivity contribution in [2.75, 3.05) is 18.0 Å². The third-order valence-corrected chi connectivity index (χ3v) is 6.59. The molecule has 1 N–H and O–H groups in total. The van der Waals surface area contributed by atoms with Crippen LogP contribution in [0.15, 0.2) is 60.7 Å². The quantitative estimate of drug-likeness (QED) is 0.524. The molecule has 0 amide bonds. The summed E-state index contributed by atoms with van der Waals surface area (Å²) in [6.07, 6.45) is 3.57. The Hall–Kier alpha value is -2.81. The maximum atomic E-state index is 10.9. The van der Waals surface area contributed by atoms with Crippen molar-refractivity contribution < 1.29 is 9.90 Å². The molecule has 0 bridgehead atoms. The molecule has 156 valence electrons. The Morgan fingerprint density at radius 3 is 2.50 bits per heavy atom. The molecule has 0 unspecified atom stereocenters. The maximum Gasteiger partial charge on any atom is 0.307 e. The molecule has 2 atom stereocenters. The first-order valence-corrected chi connectivity index (χ1v) is 11.1. The molecular weight excluding hydrogens is 370 g/mol. The first-order chi connectivity index (χ1) is 14.5. The van der Waals surface area contributed by atoms with E-state index in [2.05, 4.69) is 67.3 Å². The summed E-state index contributed by atoms with van der Waals surface area (Å²) in [7, 11) is 0. The average molecular weight is 402 g/mol. The van der Waals surface area contributed by atoms with Crippen molar-refractivity contribution in [1.82, 2.24) is 0 Å². The van der Waals surface area contributed by atoms with E-state index in [9.17, 15) is 4.79 Å². The second kappa shape index (κ2) is 8.91. The number of carbonyl (C=O) groups is 1. The molecule has 1 heterocycles. The molecule has 0 spiro atoms. The van der Waals surface area contributed by atoms with E-state index < -0.39 is 5.97 Å². The first kappa shape index (κ1) is 20.5. The van der Waals surface area contributed by atoms with E-state index in [1.165, 1.54) is 40.4 Å². The molecule has 30 heavy (non-hydrogen) atoms. The summed E-state index contributed by atoms with van der Waals surface area (Å²) in [5.41, 5.74) is 4.97. The third kappa shape index (κ3) is 4.35. The molecule has 0 radical (unpaired) electrons. The highest BCUT2D eigenvalue weighted by Gasteiger charge is 2.25. The topological polar surface area (TPSA) is 40.5 Å². The van der Waals surface area contributed by atoms with Gasteiger partial charge in [-0.25, -0.2) is 0 Å². The lowest BCUT2D eigenvalue weighted by Gasteiger charge is -2.22.